The van der Waals surface area contributed by atoms with Gasteiger partial charge in [0.2, 0.25) is 0 Å². The summed E-state index contributed by atoms with van der Waals surface area (Å²) < 4.78 is 0. The second-order valence-electron chi connectivity index (χ2n) is 4.86. The largest absolute Gasteiger partial charge is 0.387 e. The van der Waals surface area contributed by atoms with Crippen LogP contribution in [0.5, 0.6) is 0 Å². The molecule has 0 aliphatic carbocycles. The van der Waals surface area contributed by atoms with Crippen LogP contribution in [0.1, 0.15) is 11.7 Å². The van der Waals surface area contributed by atoms with E-state index in [1.54, 1.807) is 18.3 Å². The van der Waals surface area contributed by atoms with E-state index in [0.29, 0.717) is 11.6 Å². The zero-order chi connectivity index (χ0) is 14.7. The molecule has 1 aromatic heterocycles. The maximum absolute atomic E-state index is 10.2. The quantitative estimate of drug-likeness (QED) is 0.764. The SMILES string of the molecule is OC(CNc1ccc2ncccc2c1)c1ccc(Cl)cc1. The highest BCUT2D eigenvalue weighted by molar-refractivity contribution is 6.30. The van der Waals surface area contributed by atoms with Crippen molar-refractivity contribution in [2.75, 3.05) is 11.9 Å². The number of nitrogens with one attached hydrogen (secondary N) is 1. The molecule has 1 unspecified atom stereocenters. The molecule has 0 bridgehead atoms. The Morgan fingerprint density at radius 2 is 1.90 bits per heavy atom. The predicted octanol–water partition coefficient (Wildman–Crippen LogP) is 4.03. The number of aromatic nitrogens is 1. The summed E-state index contributed by atoms with van der Waals surface area (Å²) in [5, 5.41) is 15.1. The third-order valence-electron chi connectivity index (χ3n) is 3.36. The van der Waals surface area contributed by atoms with E-state index >= 15 is 0 Å². The Kier molecular flexibility index (Phi) is 4.04. The van der Waals surface area contributed by atoms with Crippen molar-refractivity contribution in [1.29, 1.82) is 0 Å². The Morgan fingerprint density at radius 3 is 2.71 bits per heavy atom. The van der Waals surface area contributed by atoms with Crippen LogP contribution in [-0.2, 0) is 0 Å². The molecular weight excluding hydrogens is 284 g/mol. The number of hydrogen-bond donors (Lipinski definition) is 2. The molecule has 3 rings (SSSR count). The zero-order valence-corrected chi connectivity index (χ0v) is 12.1. The van der Waals surface area contributed by atoms with Crippen LogP contribution in [0, 0.1) is 0 Å². The molecule has 0 aliphatic heterocycles. The molecular formula is C17H15ClN2O. The monoisotopic (exact) mass is 298 g/mol. The summed E-state index contributed by atoms with van der Waals surface area (Å²) in [6, 6.07) is 17.1. The highest BCUT2D eigenvalue weighted by Gasteiger charge is 2.07. The Bertz CT molecular complexity index is 743. The van der Waals surface area contributed by atoms with Crippen molar-refractivity contribution in [2.24, 2.45) is 0 Å². The first kappa shape index (κ1) is 13.9. The van der Waals surface area contributed by atoms with Gasteiger partial charge >= 0.3 is 0 Å². The fourth-order valence-corrected chi connectivity index (χ4v) is 2.33. The lowest BCUT2D eigenvalue weighted by Gasteiger charge is -2.13. The first-order valence-corrected chi connectivity index (χ1v) is 7.12. The minimum absolute atomic E-state index is 0.438. The lowest BCUT2D eigenvalue weighted by molar-refractivity contribution is 0.191. The molecule has 21 heavy (non-hydrogen) atoms. The number of anilines is 1. The van der Waals surface area contributed by atoms with Crippen LogP contribution in [-0.4, -0.2) is 16.6 Å². The predicted molar refractivity (Wildman–Crippen MR) is 86.6 cm³/mol. The fraction of sp³-hybridized carbons (Fsp3) is 0.118. The molecule has 4 heteroatoms. The van der Waals surface area contributed by atoms with E-state index in [9.17, 15) is 5.11 Å². The molecule has 0 aliphatic rings. The van der Waals surface area contributed by atoms with Crippen molar-refractivity contribution in [1.82, 2.24) is 4.98 Å². The van der Waals surface area contributed by atoms with Gasteiger partial charge in [-0.25, -0.2) is 0 Å². The summed E-state index contributed by atoms with van der Waals surface area (Å²) >= 11 is 5.84. The third kappa shape index (κ3) is 3.32. The minimum Gasteiger partial charge on any atom is -0.387 e. The van der Waals surface area contributed by atoms with E-state index in [1.807, 2.05) is 42.5 Å². The van der Waals surface area contributed by atoms with Crippen molar-refractivity contribution >= 4 is 28.2 Å². The maximum atomic E-state index is 10.2. The van der Waals surface area contributed by atoms with Crippen molar-refractivity contribution in [3.05, 3.63) is 71.4 Å². The average molecular weight is 299 g/mol. The van der Waals surface area contributed by atoms with Gasteiger partial charge in [-0.1, -0.05) is 29.8 Å². The summed E-state index contributed by atoms with van der Waals surface area (Å²) in [5.41, 5.74) is 2.76. The zero-order valence-electron chi connectivity index (χ0n) is 11.3. The van der Waals surface area contributed by atoms with Gasteiger partial charge in [0.1, 0.15) is 0 Å². The molecule has 1 atom stereocenters. The Morgan fingerprint density at radius 1 is 1.10 bits per heavy atom. The lowest BCUT2D eigenvalue weighted by atomic mass is 10.1. The number of aliphatic hydroxyl groups excluding tert-OH is 1. The Balaban J connectivity index is 1.69. The van der Waals surface area contributed by atoms with Crippen LogP contribution in [0.3, 0.4) is 0 Å². The first-order chi connectivity index (χ1) is 10.2. The van der Waals surface area contributed by atoms with Gasteiger partial charge in [0.05, 0.1) is 11.6 Å². The number of aliphatic hydroxyl groups is 1. The number of pyridine rings is 1. The van der Waals surface area contributed by atoms with E-state index in [0.717, 1.165) is 22.2 Å². The van der Waals surface area contributed by atoms with Crippen molar-refractivity contribution in [2.45, 2.75) is 6.10 Å². The van der Waals surface area contributed by atoms with Crippen LogP contribution < -0.4 is 5.32 Å². The number of fused-ring (bicyclic) bond motifs is 1. The normalized spacial score (nSPS) is 12.3. The molecule has 0 amide bonds. The number of halogens is 1. The van der Waals surface area contributed by atoms with E-state index in [1.165, 1.54) is 0 Å². The smallest absolute Gasteiger partial charge is 0.0962 e. The van der Waals surface area contributed by atoms with Crippen LogP contribution >= 0.6 is 11.6 Å². The van der Waals surface area contributed by atoms with E-state index < -0.39 is 6.10 Å². The van der Waals surface area contributed by atoms with Gasteiger partial charge < -0.3 is 10.4 Å². The molecule has 0 fully saturated rings. The van der Waals surface area contributed by atoms with Crippen LogP contribution in [0.25, 0.3) is 10.9 Å². The maximum Gasteiger partial charge on any atom is 0.0962 e. The highest BCUT2D eigenvalue weighted by Crippen LogP contribution is 2.20. The van der Waals surface area contributed by atoms with Crippen LogP contribution in [0.4, 0.5) is 5.69 Å². The van der Waals surface area contributed by atoms with Crippen molar-refractivity contribution < 1.29 is 5.11 Å². The highest BCUT2D eigenvalue weighted by atomic mass is 35.5. The molecule has 0 radical (unpaired) electrons. The van der Waals surface area contributed by atoms with Crippen LogP contribution in [0.2, 0.25) is 5.02 Å². The molecule has 3 aromatic rings. The summed E-state index contributed by atoms with van der Waals surface area (Å²) in [6.07, 6.45) is 1.20. The molecule has 0 spiro atoms. The summed E-state index contributed by atoms with van der Waals surface area (Å²) in [4.78, 5) is 4.28. The Hall–Kier alpha value is -2.10. The molecule has 3 nitrogen and oxygen atoms in total. The number of hydrogen-bond acceptors (Lipinski definition) is 3. The van der Waals surface area contributed by atoms with Gasteiger partial charge in [0.25, 0.3) is 0 Å². The molecule has 0 saturated heterocycles. The average Bonchev–Trinajstić information content (AvgIpc) is 2.53. The second-order valence-corrected chi connectivity index (χ2v) is 5.30. The van der Waals surface area contributed by atoms with Crippen molar-refractivity contribution in [3.63, 3.8) is 0 Å². The van der Waals surface area contributed by atoms with Gasteiger partial charge in [-0.2, -0.15) is 0 Å². The summed E-state index contributed by atoms with van der Waals surface area (Å²) in [7, 11) is 0. The standard InChI is InChI=1S/C17H15ClN2O/c18-14-5-3-12(4-6-14)17(21)11-20-15-7-8-16-13(10-15)2-1-9-19-16/h1-10,17,20-21H,11H2. The van der Waals surface area contributed by atoms with Gasteiger partial charge in [0.15, 0.2) is 0 Å². The molecule has 0 saturated carbocycles. The molecule has 2 aromatic carbocycles. The molecule has 1 heterocycles. The summed E-state index contributed by atoms with van der Waals surface area (Å²) in [6.45, 7) is 0.438. The lowest BCUT2D eigenvalue weighted by Crippen LogP contribution is -2.12. The fourth-order valence-electron chi connectivity index (χ4n) is 2.20. The number of nitrogens with zero attached hydrogens (tertiary/aromatic N) is 1. The molecule has 2 N–H and O–H groups in total. The van der Waals surface area contributed by atoms with Gasteiger partial charge in [-0.05, 0) is 42.0 Å². The van der Waals surface area contributed by atoms with E-state index in [2.05, 4.69) is 10.3 Å². The first-order valence-electron chi connectivity index (χ1n) is 6.74. The van der Waals surface area contributed by atoms with Gasteiger partial charge in [-0.3, -0.25) is 4.98 Å². The third-order valence-corrected chi connectivity index (χ3v) is 3.61. The molecule has 106 valence electrons. The van der Waals surface area contributed by atoms with Gasteiger partial charge in [-0.15, -0.1) is 0 Å². The number of benzene rings is 2. The topological polar surface area (TPSA) is 45.1 Å². The summed E-state index contributed by atoms with van der Waals surface area (Å²) in [5.74, 6) is 0. The van der Waals surface area contributed by atoms with E-state index in [-0.39, 0.29) is 0 Å². The minimum atomic E-state index is -0.577. The number of rotatable bonds is 4. The second kappa shape index (κ2) is 6.12. The van der Waals surface area contributed by atoms with Crippen molar-refractivity contribution in [3.8, 4) is 0 Å². The Labute approximate surface area is 128 Å². The van der Waals surface area contributed by atoms with Gasteiger partial charge in [0, 0.05) is 28.8 Å². The van der Waals surface area contributed by atoms with Crippen LogP contribution in [0.15, 0.2) is 60.8 Å². The van der Waals surface area contributed by atoms with E-state index in [4.69, 9.17) is 11.6 Å².